The van der Waals surface area contributed by atoms with E-state index in [0.717, 1.165) is 35.5 Å². The van der Waals surface area contributed by atoms with E-state index in [2.05, 4.69) is 52.5 Å². The van der Waals surface area contributed by atoms with Crippen molar-refractivity contribution in [3.63, 3.8) is 0 Å². The summed E-state index contributed by atoms with van der Waals surface area (Å²) in [6.45, 7) is 16.0. The number of fused-ring (bicyclic) bond motifs is 1. The van der Waals surface area contributed by atoms with Crippen molar-refractivity contribution in [1.82, 2.24) is 9.88 Å². The molecule has 6 nitrogen and oxygen atoms in total. The highest BCUT2D eigenvalue weighted by Gasteiger charge is 2.33. The van der Waals surface area contributed by atoms with Gasteiger partial charge in [0, 0.05) is 50.3 Å². The van der Waals surface area contributed by atoms with Gasteiger partial charge in [0.25, 0.3) is 0 Å². The van der Waals surface area contributed by atoms with Gasteiger partial charge < -0.3 is 14.5 Å². The second kappa shape index (κ2) is 8.93. The number of hydrogen-bond acceptors (Lipinski definition) is 5. The Bertz CT molecular complexity index is 831. The summed E-state index contributed by atoms with van der Waals surface area (Å²) in [7, 11) is 0. The van der Waals surface area contributed by atoms with Crippen LogP contribution in [0, 0.1) is 23.2 Å². The normalized spacial score (nSPS) is 18.5. The Labute approximate surface area is 181 Å². The van der Waals surface area contributed by atoms with Gasteiger partial charge in [-0.1, -0.05) is 27.7 Å². The van der Waals surface area contributed by atoms with Crippen LogP contribution in [0.5, 0.6) is 0 Å². The van der Waals surface area contributed by atoms with Crippen LogP contribution < -0.4 is 4.90 Å². The van der Waals surface area contributed by atoms with Crippen molar-refractivity contribution in [1.29, 1.82) is 5.26 Å². The Kier molecular flexibility index (Phi) is 6.71. The van der Waals surface area contributed by atoms with Gasteiger partial charge in [-0.25, -0.2) is 4.98 Å². The molecular formula is C24H36N4O2. The van der Waals surface area contributed by atoms with Crippen LogP contribution in [0.4, 0.5) is 5.82 Å². The van der Waals surface area contributed by atoms with E-state index in [4.69, 9.17) is 9.72 Å². The molecule has 1 saturated heterocycles. The molecule has 3 heterocycles. The van der Waals surface area contributed by atoms with Gasteiger partial charge in [0.05, 0.1) is 17.8 Å². The smallest absolute Gasteiger partial charge is 0.222 e. The Morgan fingerprint density at radius 2 is 1.80 bits per heavy atom. The number of pyridine rings is 1. The third kappa shape index (κ3) is 4.95. The van der Waals surface area contributed by atoms with Crippen molar-refractivity contribution in [2.45, 2.75) is 73.0 Å². The number of anilines is 1. The highest BCUT2D eigenvalue weighted by atomic mass is 16.5. The molecule has 0 bridgehead atoms. The molecule has 2 aliphatic rings. The second-order valence-electron chi connectivity index (χ2n) is 10.1. The van der Waals surface area contributed by atoms with E-state index in [9.17, 15) is 10.1 Å². The summed E-state index contributed by atoms with van der Waals surface area (Å²) in [4.78, 5) is 21.6. The largest absolute Gasteiger partial charge is 0.370 e. The minimum absolute atomic E-state index is 0.225. The van der Waals surface area contributed by atoms with E-state index in [1.807, 2.05) is 4.90 Å². The molecule has 0 unspecified atom stereocenters. The fourth-order valence-corrected chi connectivity index (χ4v) is 4.37. The third-order valence-electron chi connectivity index (χ3n) is 5.92. The van der Waals surface area contributed by atoms with Gasteiger partial charge in [0.2, 0.25) is 5.91 Å². The molecule has 0 radical (unpaired) electrons. The van der Waals surface area contributed by atoms with Gasteiger partial charge in [-0.3, -0.25) is 4.79 Å². The van der Waals surface area contributed by atoms with Crippen LogP contribution in [-0.4, -0.2) is 47.6 Å². The molecule has 3 rings (SSSR count). The van der Waals surface area contributed by atoms with E-state index < -0.39 is 0 Å². The SMILES string of the molecule is CC(C)CC(=O)N1CCN(c2nc(CC(C)C)c3c(c2C#N)CC(C)(C)OC3)CC1. The van der Waals surface area contributed by atoms with Gasteiger partial charge in [0.15, 0.2) is 0 Å². The number of carbonyl (C=O) groups excluding carboxylic acids is 1. The molecule has 0 aromatic carbocycles. The van der Waals surface area contributed by atoms with Gasteiger partial charge in [-0.2, -0.15) is 5.26 Å². The minimum atomic E-state index is -0.283. The molecule has 0 atom stereocenters. The summed E-state index contributed by atoms with van der Waals surface area (Å²) in [6.07, 6.45) is 2.19. The van der Waals surface area contributed by atoms with E-state index >= 15 is 0 Å². The Hall–Kier alpha value is -2.13. The van der Waals surface area contributed by atoms with E-state index in [1.165, 1.54) is 0 Å². The van der Waals surface area contributed by atoms with Crippen LogP contribution in [0.3, 0.4) is 0 Å². The molecule has 1 aromatic heterocycles. The molecule has 1 aromatic rings. The molecular weight excluding hydrogens is 376 g/mol. The Morgan fingerprint density at radius 3 is 2.37 bits per heavy atom. The average molecular weight is 413 g/mol. The zero-order chi connectivity index (χ0) is 22.1. The van der Waals surface area contributed by atoms with Crippen LogP contribution in [0.15, 0.2) is 0 Å². The van der Waals surface area contributed by atoms with Crippen molar-refractivity contribution in [2.75, 3.05) is 31.1 Å². The monoisotopic (exact) mass is 412 g/mol. The summed E-state index contributed by atoms with van der Waals surface area (Å²) in [5.41, 5.74) is 3.68. The molecule has 0 spiro atoms. The van der Waals surface area contributed by atoms with Crippen LogP contribution in [0.1, 0.15) is 70.3 Å². The summed E-state index contributed by atoms with van der Waals surface area (Å²) < 4.78 is 6.06. The van der Waals surface area contributed by atoms with E-state index in [0.29, 0.717) is 56.6 Å². The molecule has 1 fully saturated rings. The van der Waals surface area contributed by atoms with Gasteiger partial charge >= 0.3 is 0 Å². The van der Waals surface area contributed by atoms with Gasteiger partial charge in [-0.05, 0) is 37.7 Å². The predicted octanol–water partition coefficient (Wildman–Crippen LogP) is 3.70. The summed E-state index contributed by atoms with van der Waals surface area (Å²) in [5, 5.41) is 10.1. The highest BCUT2D eigenvalue weighted by molar-refractivity contribution is 5.76. The summed E-state index contributed by atoms with van der Waals surface area (Å²) >= 11 is 0. The number of ether oxygens (including phenoxy) is 1. The lowest BCUT2D eigenvalue weighted by molar-refractivity contribution is -0.132. The molecule has 0 saturated carbocycles. The zero-order valence-electron chi connectivity index (χ0n) is 19.4. The fraction of sp³-hybridized carbons (Fsp3) is 0.708. The standard InChI is InChI=1S/C24H36N4O2/c1-16(2)11-21-20-15-30-24(5,6)13-18(20)19(14-25)23(26-21)28-9-7-27(8-10-28)22(29)12-17(3)4/h16-17H,7-13,15H2,1-6H3. The predicted molar refractivity (Wildman–Crippen MR) is 118 cm³/mol. The summed E-state index contributed by atoms with van der Waals surface area (Å²) in [5.74, 6) is 1.86. The Balaban J connectivity index is 1.91. The van der Waals surface area contributed by atoms with Crippen LogP contribution in [0.25, 0.3) is 0 Å². The van der Waals surface area contributed by atoms with Crippen molar-refractivity contribution in [3.8, 4) is 6.07 Å². The van der Waals surface area contributed by atoms with Crippen LogP contribution in [-0.2, 0) is 29.0 Å². The first-order valence-corrected chi connectivity index (χ1v) is 11.2. The van der Waals surface area contributed by atoms with Crippen molar-refractivity contribution in [3.05, 3.63) is 22.4 Å². The number of amides is 1. The maximum atomic E-state index is 12.4. The molecule has 0 N–H and O–H groups in total. The number of nitriles is 1. The number of aromatic nitrogens is 1. The first kappa shape index (κ1) is 22.6. The molecule has 30 heavy (non-hydrogen) atoms. The first-order chi connectivity index (χ1) is 14.1. The lowest BCUT2D eigenvalue weighted by atomic mass is 9.86. The minimum Gasteiger partial charge on any atom is -0.370 e. The number of carbonyl (C=O) groups is 1. The zero-order valence-corrected chi connectivity index (χ0v) is 19.4. The van der Waals surface area contributed by atoms with Gasteiger partial charge in [0.1, 0.15) is 11.9 Å². The van der Waals surface area contributed by atoms with Crippen LogP contribution in [0.2, 0.25) is 0 Å². The molecule has 1 amide bonds. The maximum absolute atomic E-state index is 12.4. The lowest BCUT2D eigenvalue weighted by Gasteiger charge is -2.38. The topological polar surface area (TPSA) is 69.5 Å². The number of hydrogen-bond donors (Lipinski definition) is 0. The number of nitrogens with zero attached hydrogens (tertiary/aromatic N) is 4. The average Bonchev–Trinajstić information content (AvgIpc) is 2.66. The molecule has 0 aliphatic carbocycles. The quantitative estimate of drug-likeness (QED) is 0.738. The van der Waals surface area contributed by atoms with Gasteiger partial charge in [-0.15, -0.1) is 0 Å². The Morgan fingerprint density at radius 1 is 1.13 bits per heavy atom. The lowest BCUT2D eigenvalue weighted by Crippen LogP contribution is -2.49. The molecule has 164 valence electrons. The van der Waals surface area contributed by atoms with E-state index in [-0.39, 0.29) is 11.5 Å². The first-order valence-electron chi connectivity index (χ1n) is 11.2. The maximum Gasteiger partial charge on any atom is 0.222 e. The molecule has 2 aliphatic heterocycles. The third-order valence-corrected chi connectivity index (χ3v) is 5.92. The van der Waals surface area contributed by atoms with Crippen molar-refractivity contribution < 1.29 is 9.53 Å². The molecule has 6 heteroatoms. The number of piperazine rings is 1. The fourth-order valence-electron chi connectivity index (χ4n) is 4.37. The highest BCUT2D eigenvalue weighted by Crippen LogP contribution is 2.36. The van der Waals surface area contributed by atoms with Crippen molar-refractivity contribution >= 4 is 11.7 Å². The van der Waals surface area contributed by atoms with Crippen molar-refractivity contribution in [2.24, 2.45) is 11.8 Å². The summed E-state index contributed by atoms with van der Waals surface area (Å²) in [6, 6.07) is 2.46. The number of rotatable bonds is 5. The van der Waals surface area contributed by atoms with Crippen LogP contribution >= 0.6 is 0 Å². The second-order valence-corrected chi connectivity index (χ2v) is 10.1. The van der Waals surface area contributed by atoms with E-state index in [1.54, 1.807) is 0 Å².